The van der Waals surface area contributed by atoms with Crippen molar-refractivity contribution in [2.24, 2.45) is 11.8 Å². The smallest absolute Gasteiger partial charge is 0.331 e. The van der Waals surface area contributed by atoms with E-state index < -0.39 is 5.54 Å². The van der Waals surface area contributed by atoms with Crippen molar-refractivity contribution in [3.63, 3.8) is 0 Å². The topological polar surface area (TPSA) is 75.3 Å². The maximum absolute atomic E-state index is 13.4. The Morgan fingerprint density at radius 2 is 1.77 bits per heavy atom. The van der Waals surface area contributed by atoms with Crippen molar-refractivity contribution in [2.75, 3.05) is 32.9 Å². The molecule has 1 fully saturated rings. The molecule has 1 aliphatic heterocycles. The van der Waals surface area contributed by atoms with Crippen LogP contribution in [0.1, 0.15) is 61.3 Å². The highest BCUT2D eigenvalue weighted by Gasteiger charge is 2.55. The van der Waals surface area contributed by atoms with Crippen LogP contribution in [0.2, 0.25) is 5.02 Å². The van der Waals surface area contributed by atoms with Crippen LogP contribution in [0, 0.1) is 18.8 Å². The normalized spacial score (nSPS) is 24.2. The number of esters is 1. The van der Waals surface area contributed by atoms with Crippen LogP contribution in [0.4, 0.5) is 5.69 Å². The van der Waals surface area contributed by atoms with Crippen LogP contribution >= 0.6 is 11.6 Å². The fourth-order valence-electron chi connectivity index (χ4n) is 7.64. The van der Waals surface area contributed by atoms with Gasteiger partial charge in [-0.15, -0.1) is 0 Å². The van der Waals surface area contributed by atoms with Crippen LogP contribution in [0.5, 0.6) is 17.2 Å². The summed E-state index contributed by atoms with van der Waals surface area (Å²) in [5.41, 5.74) is 4.69. The van der Waals surface area contributed by atoms with E-state index in [1.54, 1.807) is 7.11 Å². The summed E-state index contributed by atoms with van der Waals surface area (Å²) in [5.74, 6) is 3.03. The number of hydrogen-bond donors (Lipinski definition) is 1. The van der Waals surface area contributed by atoms with Crippen LogP contribution in [-0.2, 0) is 32.7 Å². The van der Waals surface area contributed by atoms with Crippen LogP contribution < -0.4 is 19.5 Å². The van der Waals surface area contributed by atoms with Gasteiger partial charge in [0.15, 0.2) is 11.5 Å². The lowest BCUT2D eigenvalue weighted by molar-refractivity contribution is -0.148. The molecule has 1 spiro atoms. The van der Waals surface area contributed by atoms with E-state index >= 15 is 0 Å². The molecule has 2 atom stereocenters. The summed E-state index contributed by atoms with van der Waals surface area (Å²) < 4.78 is 28.5. The molecule has 0 bridgehead atoms. The molecule has 1 N–H and O–H groups in total. The van der Waals surface area contributed by atoms with Crippen molar-refractivity contribution in [3.8, 4) is 17.2 Å². The lowest BCUT2D eigenvalue weighted by atomic mass is 9.59. The third kappa shape index (κ3) is 5.72. The van der Waals surface area contributed by atoms with E-state index in [9.17, 15) is 4.79 Å². The standard InChI is InChI=1S/C36H42ClNO6/c1-23(20-42-21-25-8-10-28(40-3)11-9-25)16-27-17-26-18-32-33(44-22-43-32)19-29(26)35(27)12-14-36(15-13-35,34(39)41-4)38-31-7-5-6-30(37)24(31)2/h5-11,18-19,23,27,38H,12-17,20-22H2,1-4H3/t23-,27?,35?,36?/m1/s1. The third-order valence-electron chi connectivity index (χ3n) is 10.1. The maximum Gasteiger partial charge on any atom is 0.331 e. The first-order chi connectivity index (χ1) is 21.3. The fraction of sp³-hybridized carbons (Fsp3) is 0.472. The van der Waals surface area contributed by atoms with Gasteiger partial charge in [-0.3, -0.25) is 0 Å². The van der Waals surface area contributed by atoms with Crippen molar-refractivity contribution in [2.45, 2.75) is 69.9 Å². The molecular weight excluding hydrogens is 578 g/mol. The second-order valence-electron chi connectivity index (χ2n) is 12.7. The van der Waals surface area contributed by atoms with Crippen molar-refractivity contribution in [3.05, 3.63) is 81.9 Å². The Bertz CT molecular complexity index is 1500. The van der Waals surface area contributed by atoms with Gasteiger partial charge in [-0.25, -0.2) is 4.79 Å². The first-order valence-electron chi connectivity index (χ1n) is 15.5. The molecule has 2 aliphatic carbocycles. The van der Waals surface area contributed by atoms with Gasteiger partial charge in [0.05, 0.1) is 20.8 Å². The first-order valence-corrected chi connectivity index (χ1v) is 15.9. The highest BCUT2D eigenvalue weighted by Crippen LogP contribution is 2.58. The number of halogens is 1. The minimum atomic E-state index is -0.827. The number of rotatable bonds is 10. The van der Waals surface area contributed by atoms with Crippen molar-refractivity contribution < 1.29 is 28.5 Å². The van der Waals surface area contributed by atoms with Crippen molar-refractivity contribution >= 4 is 23.3 Å². The van der Waals surface area contributed by atoms with Crippen LogP contribution in [0.25, 0.3) is 0 Å². The van der Waals surface area contributed by atoms with E-state index in [1.165, 1.54) is 18.2 Å². The lowest BCUT2D eigenvalue weighted by Gasteiger charge is -2.48. The molecular formula is C36H42ClNO6. The Morgan fingerprint density at radius 3 is 2.48 bits per heavy atom. The fourth-order valence-corrected chi connectivity index (χ4v) is 7.81. The van der Waals surface area contributed by atoms with Gasteiger partial charge in [-0.05, 0) is 121 Å². The number of ether oxygens (including phenoxy) is 5. The Labute approximate surface area is 265 Å². The highest BCUT2D eigenvalue weighted by atomic mass is 35.5. The number of carbonyl (C=O) groups is 1. The van der Waals surface area contributed by atoms with Crippen molar-refractivity contribution in [1.29, 1.82) is 0 Å². The van der Waals surface area contributed by atoms with E-state index in [1.807, 2.05) is 49.4 Å². The SMILES string of the molecule is COC(=O)C1(Nc2cccc(Cl)c2C)CCC2(CC1)c1cc3c(cc1CC2C[C@@H](C)COCc1ccc(OC)cc1)OCO3. The molecule has 3 aromatic rings. The molecule has 7 nitrogen and oxygen atoms in total. The largest absolute Gasteiger partial charge is 0.497 e. The van der Waals surface area contributed by atoms with Gasteiger partial charge in [-0.1, -0.05) is 36.7 Å². The molecule has 1 heterocycles. The molecule has 3 aliphatic rings. The molecule has 3 aromatic carbocycles. The molecule has 0 aromatic heterocycles. The van der Waals surface area contributed by atoms with E-state index in [-0.39, 0.29) is 18.2 Å². The zero-order valence-corrected chi connectivity index (χ0v) is 26.8. The Hall–Kier alpha value is -3.42. The Kier molecular flexibility index (Phi) is 8.71. The zero-order valence-electron chi connectivity index (χ0n) is 26.0. The minimum Gasteiger partial charge on any atom is -0.497 e. The monoisotopic (exact) mass is 619 g/mol. The predicted molar refractivity (Wildman–Crippen MR) is 171 cm³/mol. The van der Waals surface area contributed by atoms with Gasteiger partial charge in [0.1, 0.15) is 11.3 Å². The second kappa shape index (κ2) is 12.5. The van der Waals surface area contributed by atoms with E-state index in [2.05, 4.69) is 24.4 Å². The number of methoxy groups -OCH3 is 2. The van der Waals surface area contributed by atoms with Gasteiger partial charge >= 0.3 is 5.97 Å². The van der Waals surface area contributed by atoms with Crippen LogP contribution in [0.15, 0.2) is 54.6 Å². The van der Waals surface area contributed by atoms with Gasteiger partial charge in [0.25, 0.3) is 0 Å². The molecule has 1 unspecified atom stereocenters. The Morgan fingerprint density at radius 1 is 1.05 bits per heavy atom. The van der Waals surface area contributed by atoms with Gasteiger partial charge in [0.2, 0.25) is 6.79 Å². The molecule has 234 valence electrons. The average molecular weight is 620 g/mol. The summed E-state index contributed by atoms with van der Waals surface area (Å²) in [5, 5.41) is 4.27. The van der Waals surface area contributed by atoms with E-state index in [0.29, 0.717) is 42.9 Å². The summed E-state index contributed by atoms with van der Waals surface area (Å²) in [6, 6.07) is 18.2. The highest BCUT2D eigenvalue weighted by molar-refractivity contribution is 6.31. The van der Waals surface area contributed by atoms with Crippen LogP contribution in [-0.4, -0.2) is 39.1 Å². The maximum atomic E-state index is 13.4. The lowest BCUT2D eigenvalue weighted by Crippen LogP contribution is -2.53. The number of nitrogens with one attached hydrogen (secondary N) is 1. The number of carbonyl (C=O) groups excluding carboxylic acids is 1. The van der Waals surface area contributed by atoms with Crippen molar-refractivity contribution in [1.82, 2.24) is 0 Å². The van der Waals surface area contributed by atoms with Gasteiger partial charge in [0, 0.05) is 17.3 Å². The summed E-state index contributed by atoms with van der Waals surface area (Å²) in [6.07, 6.45) is 5.00. The zero-order chi connectivity index (χ0) is 30.9. The molecule has 6 rings (SSSR count). The second-order valence-corrected chi connectivity index (χ2v) is 13.1. The number of hydrogen-bond acceptors (Lipinski definition) is 7. The number of anilines is 1. The summed E-state index contributed by atoms with van der Waals surface area (Å²) in [4.78, 5) is 13.4. The molecule has 1 saturated carbocycles. The van der Waals surface area contributed by atoms with Gasteiger partial charge in [-0.2, -0.15) is 0 Å². The summed E-state index contributed by atoms with van der Waals surface area (Å²) in [6.45, 7) is 5.76. The molecule has 0 amide bonds. The van der Waals surface area contributed by atoms with Crippen LogP contribution in [0.3, 0.4) is 0 Å². The van der Waals surface area contributed by atoms with E-state index in [4.69, 9.17) is 35.3 Å². The minimum absolute atomic E-state index is 0.0802. The third-order valence-corrected chi connectivity index (χ3v) is 10.5. The predicted octanol–water partition coefficient (Wildman–Crippen LogP) is 7.64. The molecule has 44 heavy (non-hydrogen) atoms. The molecule has 0 saturated heterocycles. The summed E-state index contributed by atoms with van der Waals surface area (Å²) in [7, 11) is 3.15. The van der Waals surface area contributed by atoms with E-state index in [0.717, 1.165) is 59.7 Å². The number of benzene rings is 3. The Balaban J connectivity index is 1.22. The number of fused-ring (bicyclic) bond motifs is 3. The average Bonchev–Trinajstić information content (AvgIpc) is 3.61. The quantitative estimate of drug-likeness (QED) is 0.234. The molecule has 0 radical (unpaired) electrons. The first kappa shape index (κ1) is 30.6. The molecule has 8 heteroatoms. The summed E-state index contributed by atoms with van der Waals surface area (Å²) >= 11 is 6.45. The van der Waals surface area contributed by atoms with Gasteiger partial charge < -0.3 is 29.0 Å².